The Balaban J connectivity index is 1.16. The minimum absolute atomic E-state index is 0.112. The molecule has 2 aromatic rings. The highest BCUT2D eigenvalue weighted by atomic mass is 16.3. The molecule has 4 saturated carbocycles. The van der Waals surface area contributed by atoms with Gasteiger partial charge in [-0.05, 0) is 145 Å². The zero-order valence-electron chi connectivity index (χ0n) is 30.7. The molecule has 2 N–H and O–H groups in total. The van der Waals surface area contributed by atoms with Crippen LogP contribution in [0.25, 0.3) is 5.57 Å². The van der Waals surface area contributed by atoms with Crippen LogP contribution < -0.4 is 5.32 Å². The summed E-state index contributed by atoms with van der Waals surface area (Å²) >= 11 is 0. The Morgan fingerprint density at radius 1 is 0.957 bits per heavy atom. The van der Waals surface area contributed by atoms with Crippen LogP contribution in [-0.4, -0.2) is 27.7 Å². The second-order valence-corrected chi connectivity index (χ2v) is 18.3. The molecule has 1 aromatic heterocycles. The fourth-order valence-corrected chi connectivity index (χ4v) is 13.7. The number of aromatic nitrogens is 2. The number of hydrogen-bond acceptors (Lipinski definition) is 3. The maximum Gasteiger partial charge on any atom is 0.105 e. The van der Waals surface area contributed by atoms with Crippen LogP contribution in [0.2, 0.25) is 0 Å². The van der Waals surface area contributed by atoms with Crippen molar-refractivity contribution in [3.8, 4) is 0 Å². The van der Waals surface area contributed by atoms with Crippen molar-refractivity contribution in [2.24, 2.45) is 56.7 Å². The van der Waals surface area contributed by atoms with Crippen LogP contribution >= 0.6 is 0 Å². The summed E-state index contributed by atoms with van der Waals surface area (Å²) in [6.07, 6.45) is 18.8. The number of fused-ring (bicyclic) bond motifs is 7. The SMILES string of the molecule is C=C(C)C1CCC2(CNCCn3ccnc3C)CCC3(C)C(CCC4C5(C)CC=C(c6ccc(CO)cc6)C(C)(C)C5CCC43C)C12. The molecular weight excluding hydrogens is 574 g/mol. The highest BCUT2D eigenvalue weighted by Gasteiger charge is 2.70. The van der Waals surface area contributed by atoms with E-state index >= 15 is 0 Å². The molecule has 5 aliphatic carbocycles. The summed E-state index contributed by atoms with van der Waals surface area (Å²) in [6.45, 7) is 25.7. The Hall–Kier alpha value is -2.17. The van der Waals surface area contributed by atoms with Crippen LogP contribution in [0.15, 0.2) is 54.9 Å². The van der Waals surface area contributed by atoms with E-state index in [0.29, 0.717) is 33.5 Å². The van der Waals surface area contributed by atoms with Gasteiger partial charge < -0.3 is 15.0 Å². The van der Waals surface area contributed by atoms with Gasteiger partial charge in [0.1, 0.15) is 5.82 Å². The van der Waals surface area contributed by atoms with Gasteiger partial charge in [0, 0.05) is 32.0 Å². The van der Waals surface area contributed by atoms with Crippen LogP contribution in [0.5, 0.6) is 0 Å². The highest BCUT2D eigenvalue weighted by Crippen LogP contribution is 2.77. The summed E-state index contributed by atoms with van der Waals surface area (Å²) in [6, 6.07) is 8.73. The van der Waals surface area contributed by atoms with Gasteiger partial charge in [0.2, 0.25) is 0 Å². The van der Waals surface area contributed by atoms with Crippen LogP contribution in [0.4, 0.5) is 0 Å². The molecule has 0 radical (unpaired) electrons. The van der Waals surface area contributed by atoms with E-state index in [4.69, 9.17) is 0 Å². The smallest absolute Gasteiger partial charge is 0.105 e. The summed E-state index contributed by atoms with van der Waals surface area (Å²) < 4.78 is 2.28. The Bertz CT molecular complexity index is 1520. The van der Waals surface area contributed by atoms with Crippen LogP contribution in [0.3, 0.4) is 0 Å². The fourth-order valence-electron chi connectivity index (χ4n) is 13.7. The Morgan fingerprint density at radius 2 is 1.72 bits per heavy atom. The maximum atomic E-state index is 9.64. The average molecular weight is 638 g/mol. The number of nitrogens with zero attached hydrogens (tertiary/aromatic N) is 2. The summed E-state index contributed by atoms with van der Waals surface area (Å²) in [7, 11) is 0. The first-order valence-electron chi connectivity index (χ1n) is 19.1. The van der Waals surface area contributed by atoms with Crippen molar-refractivity contribution < 1.29 is 5.11 Å². The molecule has 0 aliphatic heterocycles. The summed E-state index contributed by atoms with van der Waals surface area (Å²) in [5.74, 6) is 4.76. The minimum Gasteiger partial charge on any atom is -0.392 e. The van der Waals surface area contributed by atoms with E-state index in [1.54, 1.807) is 0 Å². The molecule has 9 atom stereocenters. The van der Waals surface area contributed by atoms with Gasteiger partial charge in [-0.3, -0.25) is 0 Å². The van der Waals surface area contributed by atoms with Crippen molar-refractivity contribution >= 4 is 5.57 Å². The van der Waals surface area contributed by atoms with Gasteiger partial charge in [0.25, 0.3) is 0 Å². The number of allylic oxidation sites excluding steroid dienone is 3. The molecule has 0 amide bonds. The molecule has 0 bridgehead atoms. The van der Waals surface area contributed by atoms with Crippen molar-refractivity contribution in [2.75, 3.05) is 13.1 Å². The first-order valence-corrected chi connectivity index (χ1v) is 19.1. The standard InChI is InChI=1S/C43H63N3O/c1-29(2)33-15-20-43(28-44-23-25-46-26-24-45-30(46)3)22-21-41(7)35(38(33)43)13-14-37-40(6)18-16-34(32-11-9-31(27-47)10-12-32)39(4,5)36(40)17-19-42(37,41)8/h9-12,16,24,26,33,35-38,44,47H,1,13-15,17-23,25,27-28H2,2-8H3. The predicted octanol–water partition coefficient (Wildman–Crippen LogP) is 9.62. The molecule has 4 heteroatoms. The molecule has 4 nitrogen and oxygen atoms in total. The van der Waals surface area contributed by atoms with Crippen molar-refractivity contribution in [1.29, 1.82) is 0 Å². The number of hydrogen-bond donors (Lipinski definition) is 2. The quantitative estimate of drug-likeness (QED) is 0.224. The monoisotopic (exact) mass is 637 g/mol. The summed E-state index contributed by atoms with van der Waals surface area (Å²) in [5, 5.41) is 13.6. The van der Waals surface area contributed by atoms with E-state index < -0.39 is 0 Å². The van der Waals surface area contributed by atoms with E-state index in [1.165, 1.54) is 74.5 Å². The Labute approximate surface area is 285 Å². The molecule has 5 aliphatic rings. The zero-order chi connectivity index (χ0) is 33.4. The number of imidazole rings is 1. The van der Waals surface area contributed by atoms with Crippen molar-refractivity contribution in [3.05, 3.63) is 71.8 Å². The zero-order valence-corrected chi connectivity index (χ0v) is 30.7. The average Bonchev–Trinajstić information content (AvgIpc) is 3.63. The number of aryl methyl sites for hydroxylation is 1. The Kier molecular flexibility index (Phi) is 8.31. The molecule has 1 aromatic carbocycles. The largest absolute Gasteiger partial charge is 0.392 e. The molecule has 47 heavy (non-hydrogen) atoms. The molecule has 256 valence electrons. The third-order valence-electron chi connectivity index (χ3n) is 16.2. The van der Waals surface area contributed by atoms with E-state index in [2.05, 4.69) is 106 Å². The van der Waals surface area contributed by atoms with Crippen molar-refractivity contribution in [1.82, 2.24) is 14.9 Å². The van der Waals surface area contributed by atoms with E-state index in [-0.39, 0.29) is 12.0 Å². The van der Waals surface area contributed by atoms with Crippen molar-refractivity contribution in [3.63, 3.8) is 0 Å². The third kappa shape index (κ3) is 4.92. The lowest BCUT2D eigenvalue weighted by molar-refractivity contribution is -0.225. The van der Waals surface area contributed by atoms with Crippen molar-refractivity contribution in [2.45, 2.75) is 119 Å². The van der Waals surface area contributed by atoms with E-state index in [1.807, 2.05) is 6.20 Å². The fraction of sp³-hybridized carbons (Fsp3) is 0.698. The molecule has 9 unspecified atom stereocenters. The molecule has 0 spiro atoms. The number of aliphatic hydroxyl groups is 1. The van der Waals surface area contributed by atoms with Crippen LogP contribution in [0.1, 0.15) is 116 Å². The third-order valence-corrected chi connectivity index (χ3v) is 16.2. The Morgan fingerprint density at radius 3 is 2.40 bits per heavy atom. The topological polar surface area (TPSA) is 50.1 Å². The van der Waals surface area contributed by atoms with Gasteiger partial charge in [-0.2, -0.15) is 0 Å². The first-order chi connectivity index (χ1) is 22.3. The van der Waals surface area contributed by atoms with E-state index in [9.17, 15) is 5.11 Å². The first kappa shape index (κ1) is 33.3. The number of benzene rings is 1. The second-order valence-electron chi connectivity index (χ2n) is 18.3. The lowest BCUT2D eigenvalue weighted by atomic mass is 9.32. The summed E-state index contributed by atoms with van der Waals surface area (Å²) in [4.78, 5) is 4.43. The molecular formula is C43H63N3O. The molecule has 7 rings (SSSR count). The lowest BCUT2D eigenvalue weighted by Crippen LogP contribution is -2.65. The lowest BCUT2D eigenvalue weighted by Gasteiger charge is -2.72. The highest BCUT2D eigenvalue weighted by molar-refractivity contribution is 5.71. The second kappa shape index (κ2) is 11.7. The van der Waals surface area contributed by atoms with Gasteiger partial charge in [-0.1, -0.05) is 77.1 Å². The minimum atomic E-state index is 0.112. The molecule has 1 heterocycles. The van der Waals surface area contributed by atoms with Gasteiger partial charge in [-0.15, -0.1) is 0 Å². The van der Waals surface area contributed by atoms with E-state index in [0.717, 1.165) is 48.8 Å². The van der Waals surface area contributed by atoms with Gasteiger partial charge in [0.15, 0.2) is 0 Å². The normalized spacial score (nSPS) is 40.5. The molecule has 0 saturated heterocycles. The maximum absolute atomic E-state index is 9.64. The number of nitrogens with one attached hydrogen (secondary N) is 1. The molecule has 4 fully saturated rings. The number of aliphatic hydroxyl groups excluding tert-OH is 1. The number of rotatable bonds is 8. The predicted molar refractivity (Wildman–Crippen MR) is 195 cm³/mol. The van der Waals surface area contributed by atoms with Gasteiger partial charge in [0.05, 0.1) is 6.61 Å². The van der Waals surface area contributed by atoms with Gasteiger partial charge >= 0.3 is 0 Å². The summed E-state index contributed by atoms with van der Waals surface area (Å²) in [5.41, 5.74) is 6.92. The van der Waals surface area contributed by atoms with Crippen LogP contribution in [0, 0.1) is 63.6 Å². The van der Waals surface area contributed by atoms with Gasteiger partial charge in [-0.25, -0.2) is 4.98 Å². The van der Waals surface area contributed by atoms with Crippen LogP contribution in [-0.2, 0) is 13.2 Å².